The van der Waals surface area contributed by atoms with E-state index in [9.17, 15) is 0 Å². The van der Waals surface area contributed by atoms with Crippen molar-refractivity contribution in [2.24, 2.45) is 0 Å². The second kappa shape index (κ2) is 7.72. The van der Waals surface area contributed by atoms with Gasteiger partial charge in [-0.15, -0.1) is 0 Å². The summed E-state index contributed by atoms with van der Waals surface area (Å²) in [7, 11) is 0. The molecule has 1 aliphatic heterocycles. The summed E-state index contributed by atoms with van der Waals surface area (Å²) in [5.41, 5.74) is 0. The van der Waals surface area contributed by atoms with Gasteiger partial charge in [-0.05, 0) is 0 Å². The van der Waals surface area contributed by atoms with E-state index in [0.717, 1.165) is 61.8 Å². The van der Waals surface area contributed by atoms with Gasteiger partial charge in [0.1, 0.15) is 76.8 Å². The summed E-state index contributed by atoms with van der Waals surface area (Å²) < 4.78 is 9.19. The van der Waals surface area contributed by atoms with Crippen LogP contribution in [-0.2, 0) is 26.7 Å². The van der Waals surface area contributed by atoms with E-state index in [4.69, 9.17) is 0 Å². The summed E-state index contributed by atoms with van der Waals surface area (Å²) in [5, 5.41) is 17.3. The van der Waals surface area contributed by atoms with Crippen LogP contribution in [-0.4, -0.2) is 94.2 Å². The number of nitrogens with zero attached hydrogens (tertiary/aromatic N) is 14. The molecule has 14 heteroatoms. The van der Waals surface area contributed by atoms with Gasteiger partial charge < -0.3 is 0 Å². The monoisotopic (exact) mass is 412 g/mol. The highest BCUT2D eigenvalue weighted by atomic mass is 15.6. The largest absolute Gasteiger partial charge is 0.277 e. The minimum atomic E-state index is 0.729. The molecule has 0 unspecified atom stereocenters. The molecule has 1 aliphatic rings. The van der Waals surface area contributed by atoms with Crippen LogP contribution in [0.3, 0.4) is 0 Å². The number of piperazine rings is 1. The fourth-order valence-corrected chi connectivity index (χ4v) is 4.18. The van der Waals surface area contributed by atoms with Gasteiger partial charge in [0.05, 0.1) is 0 Å². The maximum Gasteiger partial charge on any atom is 0.178 e. The third-order valence-corrected chi connectivity index (χ3v) is 5.74. The van der Waals surface area contributed by atoms with E-state index in [2.05, 4.69) is 40.3 Å². The number of hydrogen-bond acceptors (Lipinski definition) is 8. The van der Waals surface area contributed by atoms with Crippen LogP contribution in [0.15, 0.2) is 50.6 Å². The van der Waals surface area contributed by atoms with Crippen LogP contribution in [0.25, 0.3) is 0 Å². The molecule has 0 amide bonds. The quantitative estimate of drug-likeness (QED) is 0.325. The van der Waals surface area contributed by atoms with Gasteiger partial charge in [-0.1, -0.05) is 0 Å². The van der Waals surface area contributed by atoms with E-state index in [0.29, 0.717) is 0 Å². The van der Waals surface area contributed by atoms with Crippen molar-refractivity contribution < 1.29 is 8.97 Å². The topological polar surface area (TPSA) is 123 Å². The van der Waals surface area contributed by atoms with Crippen molar-refractivity contribution in [1.82, 2.24) is 59.1 Å². The molecule has 0 N–H and O–H groups in total. The van der Waals surface area contributed by atoms with Gasteiger partial charge in [-0.25, -0.2) is 38.7 Å². The molecule has 0 spiro atoms. The summed E-state index contributed by atoms with van der Waals surface area (Å²) >= 11 is 0. The minimum Gasteiger partial charge on any atom is -0.277 e. The van der Waals surface area contributed by atoms with Gasteiger partial charge in [0, 0.05) is 0 Å². The average molecular weight is 412 g/mol. The van der Waals surface area contributed by atoms with Crippen molar-refractivity contribution in [3.63, 3.8) is 0 Å². The van der Waals surface area contributed by atoms with Crippen LogP contribution in [0.5, 0.6) is 0 Å². The molecule has 4 aromatic rings. The maximum atomic E-state index is 4.34. The molecule has 0 atom stereocenters. The minimum absolute atomic E-state index is 0.729. The predicted octanol–water partition coefficient (Wildman–Crippen LogP) is -1.37. The smallest absolute Gasteiger partial charge is 0.178 e. The maximum absolute atomic E-state index is 4.34. The second-order valence-corrected chi connectivity index (χ2v) is 7.88. The highest BCUT2D eigenvalue weighted by Crippen LogP contribution is 2.24. The molecular weight excluding hydrogens is 388 g/mol. The lowest BCUT2D eigenvalue weighted by Crippen LogP contribution is -2.67. The Morgan fingerprint density at radius 2 is 0.733 bits per heavy atom. The summed E-state index contributed by atoms with van der Waals surface area (Å²) in [4.78, 5) is 16.4. The van der Waals surface area contributed by atoms with E-state index < -0.39 is 0 Å². The van der Waals surface area contributed by atoms with Gasteiger partial charge in [-0.2, -0.15) is 20.4 Å². The molecule has 0 bridgehead atoms. The van der Waals surface area contributed by atoms with E-state index in [-0.39, 0.29) is 0 Å². The molecule has 14 nitrogen and oxygen atoms in total. The molecule has 0 saturated carbocycles. The Labute approximate surface area is 172 Å². The van der Waals surface area contributed by atoms with Crippen LogP contribution >= 0.6 is 0 Å². The van der Waals surface area contributed by atoms with Gasteiger partial charge in [-0.3, -0.25) is 8.97 Å². The lowest BCUT2D eigenvalue weighted by atomic mass is 10.2. The summed E-state index contributed by atoms with van der Waals surface area (Å²) in [6.07, 6.45) is 13.4. The first kappa shape index (κ1) is 18.5. The Kier molecular flexibility index (Phi) is 4.76. The normalized spacial score (nSPS) is 17.9. The zero-order valence-electron chi connectivity index (χ0n) is 16.5. The summed E-state index contributed by atoms with van der Waals surface area (Å²) in [5.74, 6) is 0. The number of rotatable bonds is 8. The van der Waals surface area contributed by atoms with Crippen LogP contribution in [0.1, 0.15) is 0 Å². The molecule has 5 rings (SSSR count). The third-order valence-electron chi connectivity index (χ3n) is 5.74. The molecule has 4 aromatic heterocycles. The van der Waals surface area contributed by atoms with Crippen molar-refractivity contribution >= 4 is 0 Å². The van der Waals surface area contributed by atoms with Crippen molar-refractivity contribution in [1.29, 1.82) is 0 Å². The van der Waals surface area contributed by atoms with Crippen molar-refractivity contribution in [3.8, 4) is 0 Å². The van der Waals surface area contributed by atoms with Gasteiger partial charge in [0.25, 0.3) is 0 Å². The van der Waals surface area contributed by atoms with Crippen LogP contribution in [0.4, 0.5) is 0 Å². The highest BCUT2D eigenvalue weighted by Gasteiger charge is 2.44. The second-order valence-electron chi connectivity index (χ2n) is 7.88. The lowest BCUT2D eigenvalue weighted by Gasteiger charge is -2.48. The van der Waals surface area contributed by atoms with E-state index >= 15 is 0 Å². The Bertz CT molecular complexity index is 836. The SMILES string of the molecule is c1ncn(C[N+]2(Cn3cncn3)CC[N+](Cn3cncn3)(Cn3cncn3)CC2)n1. The molecule has 0 aromatic carbocycles. The number of aromatic nitrogens is 12. The Balaban J connectivity index is 1.39. The van der Waals surface area contributed by atoms with Crippen molar-refractivity contribution in [2.75, 3.05) is 26.2 Å². The first-order chi connectivity index (χ1) is 14.7. The summed E-state index contributed by atoms with van der Waals surface area (Å²) in [6.45, 7) is 6.65. The van der Waals surface area contributed by atoms with Crippen molar-refractivity contribution in [3.05, 3.63) is 50.6 Å². The number of quaternary nitrogens is 2. The highest BCUT2D eigenvalue weighted by molar-refractivity contribution is 4.61. The van der Waals surface area contributed by atoms with E-state index in [1.807, 2.05) is 18.7 Å². The first-order valence-corrected chi connectivity index (χ1v) is 9.73. The Morgan fingerprint density at radius 1 is 0.467 bits per heavy atom. The Morgan fingerprint density at radius 3 is 0.933 bits per heavy atom. The number of hydrogen-bond donors (Lipinski definition) is 0. The molecule has 0 aliphatic carbocycles. The predicted molar refractivity (Wildman–Crippen MR) is 100 cm³/mol. The zero-order valence-corrected chi connectivity index (χ0v) is 16.5. The molecule has 5 heterocycles. The zero-order chi connectivity index (χ0) is 20.3. The fourth-order valence-electron chi connectivity index (χ4n) is 4.18. The van der Waals surface area contributed by atoms with E-state index in [1.54, 1.807) is 50.6 Å². The van der Waals surface area contributed by atoms with Gasteiger partial charge in [0.2, 0.25) is 0 Å². The van der Waals surface area contributed by atoms with Crippen LogP contribution in [0, 0.1) is 0 Å². The molecule has 156 valence electrons. The first-order valence-electron chi connectivity index (χ1n) is 9.73. The van der Waals surface area contributed by atoms with Crippen molar-refractivity contribution in [2.45, 2.75) is 26.7 Å². The molecule has 1 saturated heterocycles. The molecule has 30 heavy (non-hydrogen) atoms. The summed E-state index contributed by atoms with van der Waals surface area (Å²) in [6, 6.07) is 0. The standard InChI is InChI=1S/C16H24N14/c1-2-30(15-27-11-19-7-23-27,16-28-12-20-8-24-28)4-3-29(1,13-25-9-17-5-21-25)14-26-10-18-6-22-26/h5-12H,1-4,13-16H2/q+2. The van der Waals surface area contributed by atoms with Crippen LogP contribution < -0.4 is 0 Å². The lowest BCUT2D eigenvalue weighted by molar-refractivity contribution is -1.07. The molecule has 1 fully saturated rings. The van der Waals surface area contributed by atoms with Crippen LogP contribution in [0.2, 0.25) is 0 Å². The fraction of sp³-hybridized carbons (Fsp3) is 0.500. The molecular formula is C16H24N14+2. The Hall–Kier alpha value is -3.52. The molecule has 0 radical (unpaired) electrons. The van der Waals surface area contributed by atoms with E-state index in [1.165, 1.54) is 0 Å². The van der Waals surface area contributed by atoms with Gasteiger partial charge >= 0.3 is 0 Å². The third kappa shape index (κ3) is 3.95. The van der Waals surface area contributed by atoms with Gasteiger partial charge in [0.15, 0.2) is 26.7 Å². The average Bonchev–Trinajstić information content (AvgIpc) is 3.54.